The number of alkyl halides is 2. The highest BCUT2D eigenvalue weighted by molar-refractivity contribution is 8.26. The molecule has 1 aliphatic rings. The molecule has 0 radical (unpaired) electrons. The SMILES string of the molecule is CC1(NSc2cc(Cl)n3cnc(C(=N)SC(=N)C(F)F)c3c2)CC1. The molecule has 0 aromatic carbocycles. The molecule has 2 heterocycles. The van der Waals surface area contributed by atoms with Gasteiger partial charge in [-0.05, 0) is 55.6 Å². The zero-order chi connectivity index (χ0) is 17.5. The van der Waals surface area contributed by atoms with Crippen molar-refractivity contribution >= 4 is 50.9 Å². The van der Waals surface area contributed by atoms with E-state index in [2.05, 4.69) is 16.6 Å². The Bertz CT molecular complexity index is 819. The van der Waals surface area contributed by atoms with Crippen molar-refractivity contribution in [2.75, 3.05) is 0 Å². The number of hydrogen-bond acceptors (Lipinski definition) is 6. The molecule has 0 saturated heterocycles. The Hall–Kier alpha value is -1.16. The van der Waals surface area contributed by atoms with E-state index < -0.39 is 11.5 Å². The van der Waals surface area contributed by atoms with Crippen LogP contribution in [0.4, 0.5) is 8.78 Å². The highest BCUT2D eigenvalue weighted by Gasteiger charge is 2.37. The van der Waals surface area contributed by atoms with Gasteiger partial charge >= 0.3 is 0 Å². The van der Waals surface area contributed by atoms with E-state index >= 15 is 0 Å². The Labute approximate surface area is 150 Å². The zero-order valence-electron chi connectivity index (χ0n) is 12.6. The van der Waals surface area contributed by atoms with Crippen molar-refractivity contribution in [1.82, 2.24) is 14.1 Å². The summed E-state index contributed by atoms with van der Waals surface area (Å²) >= 11 is 8.09. The first kappa shape index (κ1) is 17.7. The van der Waals surface area contributed by atoms with Crippen molar-refractivity contribution in [3.8, 4) is 0 Å². The molecule has 3 N–H and O–H groups in total. The van der Waals surface area contributed by atoms with E-state index in [0.717, 1.165) is 17.7 Å². The van der Waals surface area contributed by atoms with Gasteiger partial charge in [-0.1, -0.05) is 11.6 Å². The topological polar surface area (TPSA) is 77.0 Å². The molecule has 0 unspecified atom stereocenters. The number of halogens is 3. The van der Waals surface area contributed by atoms with E-state index in [1.54, 1.807) is 16.5 Å². The molecular formula is C14H14ClF2N5S2. The molecular weight excluding hydrogens is 376 g/mol. The van der Waals surface area contributed by atoms with Gasteiger partial charge in [0.1, 0.15) is 27.3 Å². The summed E-state index contributed by atoms with van der Waals surface area (Å²) in [5.74, 6) is 0. The van der Waals surface area contributed by atoms with Crippen molar-refractivity contribution in [2.24, 2.45) is 0 Å². The first-order chi connectivity index (χ1) is 11.3. The summed E-state index contributed by atoms with van der Waals surface area (Å²) in [4.78, 5) is 4.94. The summed E-state index contributed by atoms with van der Waals surface area (Å²) in [5.41, 5.74) is 0.918. The average molecular weight is 390 g/mol. The average Bonchev–Trinajstić information content (AvgIpc) is 3.09. The fraction of sp³-hybridized carbons (Fsp3) is 0.357. The van der Waals surface area contributed by atoms with Crippen molar-refractivity contribution in [3.63, 3.8) is 0 Å². The quantitative estimate of drug-likeness (QED) is 0.306. The predicted molar refractivity (Wildman–Crippen MR) is 95.0 cm³/mol. The Morgan fingerprint density at radius 1 is 1.42 bits per heavy atom. The number of hydrogen-bond donors (Lipinski definition) is 3. The monoisotopic (exact) mass is 389 g/mol. The second kappa shape index (κ2) is 6.62. The second-order valence-corrected chi connectivity index (χ2v) is 8.04. The lowest BCUT2D eigenvalue weighted by atomic mass is 10.3. The summed E-state index contributed by atoms with van der Waals surface area (Å²) < 4.78 is 29.9. The third-order valence-electron chi connectivity index (χ3n) is 3.62. The molecule has 0 bridgehead atoms. The van der Waals surface area contributed by atoms with Gasteiger partial charge in [-0.2, -0.15) is 0 Å². The fourth-order valence-electron chi connectivity index (χ4n) is 1.94. The number of imidazole rings is 1. The van der Waals surface area contributed by atoms with Gasteiger partial charge in [0.05, 0.1) is 5.52 Å². The standard InChI is InChI=1S/C14H14ClF2N5S2/c1-14(2-3-14)21-24-7-4-8-10(12(18)23-13(19)11(16)17)20-6-22(8)9(15)5-7/h4-6,11,18-19,21H,2-3H2,1H3. The van der Waals surface area contributed by atoms with Gasteiger partial charge in [0.15, 0.2) is 0 Å². The van der Waals surface area contributed by atoms with E-state index in [0.29, 0.717) is 22.4 Å². The van der Waals surface area contributed by atoms with Gasteiger partial charge in [0.25, 0.3) is 6.43 Å². The van der Waals surface area contributed by atoms with Crippen LogP contribution in [0.1, 0.15) is 25.5 Å². The summed E-state index contributed by atoms with van der Waals surface area (Å²) in [7, 11) is 0. The molecule has 0 atom stereocenters. The molecule has 1 saturated carbocycles. The molecule has 2 aromatic rings. The number of rotatable bonds is 5. The van der Waals surface area contributed by atoms with Crippen molar-refractivity contribution < 1.29 is 8.78 Å². The van der Waals surface area contributed by atoms with Crippen LogP contribution in [-0.4, -0.2) is 31.4 Å². The van der Waals surface area contributed by atoms with Crippen LogP contribution in [0.5, 0.6) is 0 Å². The van der Waals surface area contributed by atoms with Gasteiger partial charge in [-0.15, -0.1) is 0 Å². The molecule has 5 nitrogen and oxygen atoms in total. The van der Waals surface area contributed by atoms with Crippen molar-refractivity contribution in [2.45, 2.75) is 36.6 Å². The number of aromatic nitrogens is 2. The zero-order valence-corrected chi connectivity index (χ0v) is 15.0. The molecule has 10 heteroatoms. The van der Waals surface area contributed by atoms with Crippen LogP contribution in [-0.2, 0) is 0 Å². The summed E-state index contributed by atoms with van der Waals surface area (Å²) in [5, 5.41) is 14.5. The minimum atomic E-state index is -2.90. The van der Waals surface area contributed by atoms with E-state index in [9.17, 15) is 8.78 Å². The van der Waals surface area contributed by atoms with E-state index in [1.165, 1.54) is 18.3 Å². The summed E-state index contributed by atoms with van der Waals surface area (Å²) in [6.07, 6.45) is 0.774. The molecule has 3 rings (SSSR count). The Morgan fingerprint density at radius 2 is 2.12 bits per heavy atom. The highest BCUT2D eigenvalue weighted by Crippen LogP contribution is 2.38. The van der Waals surface area contributed by atoms with E-state index in [4.69, 9.17) is 22.4 Å². The fourth-order valence-corrected chi connectivity index (χ4v) is 3.73. The molecule has 0 amide bonds. The molecule has 128 valence electrons. The van der Waals surface area contributed by atoms with Crippen molar-refractivity contribution in [1.29, 1.82) is 10.8 Å². The molecule has 1 fully saturated rings. The van der Waals surface area contributed by atoms with E-state index in [-0.39, 0.29) is 16.3 Å². The smallest absolute Gasteiger partial charge is 0.285 e. The third kappa shape index (κ3) is 3.74. The van der Waals surface area contributed by atoms with Gasteiger partial charge in [-0.25, -0.2) is 13.8 Å². The highest BCUT2D eigenvalue weighted by atomic mass is 35.5. The molecule has 2 aromatic heterocycles. The lowest BCUT2D eigenvalue weighted by molar-refractivity contribution is 0.228. The van der Waals surface area contributed by atoms with E-state index in [1.807, 2.05) is 0 Å². The van der Waals surface area contributed by atoms with Crippen molar-refractivity contribution in [3.05, 3.63) is 29.3 Å². The van der Waals surface area contributed by atoms with Crippen LogP contribution in [0, 0.1) is 10.8 Å². The summed E-state index contributed by atoms with van der Waals surface area (Å²) in [6.45, 7) is 2.13. The summed E-state index contributed by atoms with van der Waals surface area (Å²) in [6, 6.07) is 3.58. The van der Waals surface area contributed by atoms with Crippen LogP contribution in [0.25, 0.3) is 5.52 Å². The third-order valence-corrected chi connectivity index (χ3v) is 5.77. The number of pyridine rings is 1. The minimum Gasteiger partial charge on any atom is -0.293 e. The first-order valence-corrected chi connectivity index (χ1v) is 9.04. The molecule has 0 spiro atoms. The van der Waals surface area contributed by atoms with Gasteiger partial charge < -0.3 is 0 Å². The van der Waals surface area contributed by atoms with Crippen LogP contribution in [0.2, 0.25) is 5.15 Å². The maximum atomic E-state index is 12.5. The molecule has 1 aliphatic carbocycles. The van der Waals surface area contributed by atoms with Crippen LogP contribution in [0.3, 0.4) is 0 Å². The first-order valence-electron chi connectivity index (χ1n) is 7.03. The minimum absolute atomic E-state index is 0.140. The number of nitrogens with one attached hydrogen (secondary N) is 3. The maximum absolute atomic E-state index is 12.5. The van der Waals surface area contributed by atoms with Crippen LogP contribution in [0.15, 0.2) is 23.4 Å². The normalized spacial score (nSPS) is 15.9. The Kier molecular flexibility index (Phi) is 4.87. The lowest BCUT2D eigenvalue weighted by Crippen LogP contribution is -2.19. The molecule has 0 aliphatic heterocycles. The Balaban J connectivity index is 1.87. The predicted octanol–water partition coefficient (Wildman–Crippen LogP) is 4.44. The maximum Gasteiger partial charge on any atom is 0.285 e. The van der Waals surface area contributed by atoms with Gasteiger partial charge in [0, 0.05) is 10.4 Å². The van der Waals surface area contributed by atoms with Crippen LogP contribution < -0.4 is 4.72 Å². The number of fused-ring (bicyclic) bond motifs is 1. The second-order valence-electron chi connectivity index (χ2n) is 5.72. The number of nitrogens with zero attached hydrogens (tertiary/aromatic N) is 2. The molecule has 24 heavy (non-hydrogen) atoms. The Morgan fingerprint density at radius 3 is 2.75 bits per heavy atom. The lowest BCUT2D eigenvalue weighted by Gasteiger charge is -2.11. The van der Waals surface area contributed by atoms with Gasteiger partial charge in [0.2, 0.25) is 0 Å². The van der Waals surface area contributed by atoms with Gasteiger partial charge in [-0.3, -0.25) is 19.9 Å². The number of thioether (sulfide) groups is 1. The van der Waals surface area contributed by atoms with Crippen LogP contribution >= 0.6 is 35.3 Å². The largest absolute Gasteiger partial charge is 0.293 e.